The molecule has 0 bridgehead atoms. The number of halogens is 4. The second kappa shape index (κ2) is 3.24. The molecule has 0 amide bonds. The zero-order valence-corrected chi connectivity index (χ0v) is 7.97. The highest BCUT2D eigenvalue weighted by molar-refractivity contribution is 9.11. The normalized spacial score (nSPS) is 26.8. The molecule has 0 aromatic heterocycles. The van der Waals surface area contributed by atoms with E-state index in [9.17, 15) is 4.39 Å². The highest BCUT2D eigenvalue weighted by Crippen LogP contribution is 2.34. The third-order valence-electron chi connectivity index (χ3n) is 1.16. The largest absolute Gasteiger partial charge is 0.212 e. The molecule has 0 aromatic rings. The van der Waals surface area contributed by atoms with Gasteiger partial charge in [0.05, 0.1) is 10.4 Å². The van der Waals surface area contributed by atoms with E-state index in [2.05, 4.69) is 15.9 Å². The summed E-state index contributed by atoms with van der Waals surface area (Å²) in [7, 11) is 0. The van der Waals surface area contributed by atoms with Gasteiger partial charge in [0.1, 0.15) is 5.83 Å². The van der Waals surface area contributed by atoms with Crippen LogP contribution >= 0.6 is 39.1 Å². The molecule has 0 aliphatic heterocycles. The molecule has 0 heterocycles. The molecule has 0 N–H and O–H groups in total. The van der Waals surface area contributed by atoms with Gasteiger partial charge in [0, 0.05) is 10.9 Å². The van der Waals surface area contributed by atoms with Gasteiger partial charge < -0.3 is 0 Å². The average Bonchev–Trinajstić information content (AvgIpc) is 1.82. The maximum absolute atomic E-state index is 12.5. The summed E-state index contributed by atoms with van der Waals surface area (Å²) in [6.45, 7) is 0. The van der Waals surface area contributed by atoms with Gasteiger partial charge in [-0.1, -0.05) is 27.5 Å². The zero-order valence-electron chi connectivity index (χ0n) is 4.87. The van der Waals surface area contributed by atoms with E-state index in [1.165, 1.54) is 6.08 Å². The Labute approximate surface area is 76.8 Å². The Morgan fingerprint density at radius 3 is 2.80 bits per heavy atom. The summed E-state index contributed by atoms with van der Waals surface area (Å²) in [6, 6.07) is 0. The molecule has 1 aliphatic carbocycles. The first-order valence-corrected chi connectivity index (χ1v) is 4.27. The van der Waals surface area contributed by atoms with Crippen molar-refractivity contribution in [3.05, 3.63) is 21.4 Å². The summed E-state index contributed by atoms with van der Waals surface area (Å²) in [4.78, 5) is 0. The van der Waals surface area contributed by atoms with Crippen LogP contribution in [0.4, 0.5) is 4.39 Å². The molecule has 0 saturated carbocycles. The fraction of sp³-hybridized carbons (Fsp3) is 0.333. The Morgan fingerprint density at radius 2 is 2.30 bits per heavy atom. The fourth-order valence-corrected chi connectivity index (χ4v) is 1.52. The Balaban J connectivity index is 2.92. The van der Waals surface area contributed by atoms with Crippen molar-refractivity contribution >= 4 is 39.1 Å². The topological polar surface area (TPSA) is 0 Å². The van der Waals surface area contributed by atoms with E-state index in [0.717, 1.165) is 0 Å². The van der Waals surface area contributed by atoms with Gasteiger partial charge in [-0.2, -0.15) is 0 Å². The molecule has 1 atom stereocenters. The number of allylic oxidation sites excluding steroid dienone is 4. The predicted octanol–water partition coefficient (Wildman–Crippen LogP) is 3.70. The second-order valence-electron chi connectivity index (χ2n) is 1.96. The van der Waals surface area contributed by atoms with Crippen molar-refractivity contribution in [3.8, 4) is 0 Å². The van der Waals surface area contributed by atoms with E-state index in [0.29, 0.717) is 9.51 Å². The van der Waals surface area contributed by atoms with Gasteiger partial charge in [0.2, 0.25) is 0 Å². The van der Waals surface area contributed by atoms with Crippen LogP contribution in [0.2, 0.25) is 0 Å². The van der Waals surface area contributed by atoms with E-state index >= 15 is 0 Å². The van der Waals surface area contributed by atoms with Crippen molar-refractivity contribution in [1.82, 2.24) is 0 Å². The summed E-state index contributed by atoms with van der Waals surface area (Å²) in [5, 5.41) is 0.00116. The molecule has 1 aliphatic rings. The van der Waals surface area contributed by atoms with Crippen molar-refractivity contribution in [3.63, 3.8) is 0 Å². The molecule has 0 aromatic carbocycles. The van der Waals surface area contributed by atoms with Crippen LogP contribution in [0.1, 0.15) is 6.42 Å². The lowest BCUT2D eigenvalue weighted by Gasteiger charge is -2.12. The minimum absolute atomic E-state index is 0.221. The van der Waals surface area contributed by atoms with E-state index in [1.54, 1.807) is 0 Å². The molecule has 0 fully saturated rings. The van der Waals surface area contributed by atoms with Crippen LogP contribution in [-0.2, 0) is 0 Å². The monoisotopic (exact) mass is 244 g/mol. The Hall–Kier alpha value is 0.470. The van der Waals surface area contributed by atoms with Crippen molar-refractivity contribution < 1.29 is 4.39 Å². The van der Waals surface area contributed by atoms with Gasteiger partial charge in [-0.15, -0.1) is 11.6 Å². The molecule has 1 unspecified atom stereocenters. The van der Waals surface area contributed by atoms with Crippen LogP contribution in [0.5, 0.6) is 0 Å². The second-order valence-corrected chi connectivity index (χ2v) is 3.75. The maximum Gasteiger partial charge on any atom is 0.103 e. The molecule has 4 heteroatoms. The smallest absolute Gasteiger partial charge is 0.103 e. The number of alkyl halides is 1. The van der Waals surface area contributed by atoms with Crippen LogP contribution in [0.15, 0.2) is 21.4 Å². The van der Waals surface area contributed by atoms with Crippen LogP contribution < -0.4 is 0 Å². The first kappa shape index (κ1) is 8.57. The molecular formula is C6H4BrCl2F. The van der Waals surface area contributed by atoms with Crippen molar-refractivity contribution in [2.45, 2.75) is 11.8 Å². The molecular weight excluding hydrogens is 242 g/mol. The Bertz CT molecular complexity index is 210. The van der Waals surface area contributed by atoms with E-state index in [4.69, 9.17) is 23.2 Å². The SMILES string of the molecule is FC1=CC(Cl)=C(Br)C(Cl)C1. The van der Waals surface area contributed by atoms with Crippen LogP contribution in [0.25, 0.3) is 0 Å². The predicted molar refractivity (Wildman–Crippen MR) is 45.3 cm³/mol. The third kappa shape index (κ3) is 1.74. The Morgan fingerprint density at radius 1 is 1.70 bits per heavy atom. The van der Waals surface area contributed by atoms with Crippen LogP contribution in [-0.4, -0.2) is 5.38 Å². The maximum atomic E-state index is 12.5. The third-order valence-corrected chi connectivity index (χ3v) is 3.32. The van der Waals surface area contributed by atoms with Gasteiger partial charge in [0.25, 0.3) is 0 Å². The Kier molecular flexibility index (Phi) is 2.78. The van der Waals surface area contributed by atoms with Crippen molar-refractivity contribution in [2.75, 3.05) is 0 Å². The fourth-order valence-electron chi connectivity index (χ4n) is 0.676. The molecule has 10 heavy (non-hydrogen) atoms. The summed E-state index contributed by atoms with van der Waals surface area (Å²) >= 11 is 14.4. The number of rotatable bonds is 0. The van der Waals surface area contributed by atoms with Gasteiger partial charge in [-0.05, 0) is 6.08 Å². The highest BCUT2D eigenvalue weighted by Gasteiger charge is 2.18. The summed E-state index contributed by atoms with van der Waals surface area (Å²) in [6.07, 6.45) is 1.49. The zero-order chi connectivity index (χ0) is 7.72. The minimum atomic E-state index is -0.350. The molecule has 0 saturated heterocycles. The molecule has 0 radical (unpaired) electrons. The van der Waals surface area contributed by atoms with Crippen LogP contribution in [0, 0.1) is 0 Å². The first-order valence-electron chi connectivity index (χ1n) is 2.66. The lowest BCUT2D eigenvalue weighted by molar-refractivity contribution is 0.588. The molecule has 56 valence electrons. The standard InChI is InChI=1S/C6H4BrCl2F/c7-6-4(8)1-3(10)2-5(6)9/h1,5H,2H2. The quantitative estimate of drug-likeness (QED) is 0.571. The molecule has 0 spiro atoms. The van der Waals surface area contributed by atoms with Gasteiger partial charge >= 0.3 is 0 Å². The average molecular weight is 246 g/mol. The minimum Gasteiger partial charge on any atom is -0.212 e. The molecule has 0 nitrogen and oxygen atoms in total. The number of hydrogen-bond donors (Lipinski definition) is 0. The van der Waals surface area contributed by atoms with Gasteiger partial charge in [-0.3, -0.25) is 0 Å². The van der Waals surface area contributed by atoms with E-state index in [1.807, 2.05) is 0 Å². The van der Waals surface area contributed by atoms with E-state index in [-0.39, 0.29) is 17.6 Å². The van der Waals surface area contributed by atoms with Crippen molar-refractivity contribution in [1.29, 1.82) is 0 Å². The van der Waals surface area contributed by atoms with Gasteiger partial charge in [-0.25, -0.2) is 4.39 Å². The van der Waals surface area contributed by atoms with E-state index < -0.39 is 0 Å². The highest BCUT2D eigenvalue weighted by atomic mass is 79.9. The van der Waals surface area contributed by atoms with Gasteiger partial charge in [0.15, 0.2) is 0 Å². The summed E-state index contributed by atoms with van der Waals surface area (Å²) in [5.41, 5.74) is 0. The lowest BCUT2D eigenvalue weighted by Crippen LogP contribution is -2.03. The molecule has 1 rings (SSSR count). The van der Waals surface area contributed by atoms with Crippen LogP contribution in [0.3, 0.4) is 0 Å². The van der Waals surface area contributed by atoms with Crippen molar-refractivity contribution in [2.24, 2.45) is 0 Å². The first-order chi connectivity index (χ1) is 4.61. The number of hydrogen-bond acceptors (Lipinski definition) is 0. The lowest BCUT2D eigenvalue weighted by atomic mass is 10.2. The summed E-state index contributed by atoms with van der Waals surface area (Å²) in [5.74, 6) is -0.270. The summed E-state index contributed by atoms with van der Waals surface area (Å²) < 4.78 is 13.2.